The number of nitrogens with zero attached hydrogens (tertiary/aromatic N) is 2. The Labute approximate surface area is 120 Å². The van der Waals surface area contributed by atoms with Gasteiger partial charge in [0.25, 0.3) is 0 Å². The second-order valence-corrected chi connectivity index (χ2v) is 5.13. The summed E-state index contributed by atoms with van der Waals surface area (Å²) in [4.78, 5) is 0. The van der Waals surface area contributed by atoms with Crippen molar-refractivity contribution in [2.45, 2.75) is 39.8 Å². The van der Waals surface area contributed by atoms with Gasteiger partial charge >= 0.3 is 0 Å². The van der Waals surface area contributed by atoms with Gasteiger partial charge in [0.2, 0.25) is 0 Å². The molecule has 4 heteroatoms. The van der Waals surface area contributed by atoms with Crippen molar-refractivity contribution in [3.63, 3.8) is 0 Å². The Kier molecular flexibility index (Phi) is 4.79. The van der Waals surface area contributed by atoms with Crippen LogP contribution >= 0.6 is 0 Å². The summed E-state index contributed by atoms with van der Waals surface area (Å²) in [5.74, 6) is 0.897. The van der Waals surface area contributed by atoms with Crippen LogP contribution in [-0.4, -0.2) is 16.4 Å². The average Bonchev–Trinajstić information content (AvgIpc) is 2.75. The highest BCUT2D eigenvalue weighted by atomic mass is 16.5. The van der Waals surface area contributed by atoms with Crippen molar-refractivity contribution in [2.24, 2.45) is 5.73 Å². The first-order valence-corrected chi connectivity index (χ1v) is 7.09. The molecule has 108 valence electrons. The maximum absolute atomic E-state index is 6.25. The summed E-state index contributed by atoms with van der Waals surface area (Å²) in [6.07, 6.45) is 1.01. The van der Waals surface area contributed by atoms with Crippen LogP contribution in [0, 0.1) is 13.8 Å². The molecule has 0 amide bonds. The fourth-order valence-electron chi connectivity index (χ4n) is 2.18. The molecular formula is C16H23N3O. The molecule has 0 aliphatic rings. The van der Waals surface area contributed by atoms with Crippen LogP contribution in [0.5, 0.6) is 5.75 Å². The van der Waals surface area contributed by atoms with Crippen molar-refractivity contribution < 1.29 is 4.74 Å². The number of benzene rings is 1. The van der Waals surface area contributed by atoms with Crippen molar-refractivity contribution in [3.8, 4) is 5.75 Å². The quantitative estimate of drug-likeness (QED) is 0.880. The molecule has 1 atom stereocenters. The monoisotopic (exact) mass is 273 g/mol. The predicted molar refractivity (Wildman–Crippen MR) is 80.9 cm³/mol. The van der Waals surface area contributed by atoms with Crippen molar-refractivity contribution in [3.05, 3.63) is 47.3 Å². The van der Waals surface area contributed by atoms with Gasteiger partial charge in [0.05, 0.1) is 18.8 Å². The van der Waals surface area contributed by atoms with Crippen LogP contribution in [0.15, 0.2) is 30.3 Å². The molecule has 2 aromatic rings. The fourth-order valence-corrected chi connectivity index (χ4v) is 2.18. The SMILES string of the molecule is CCCOc1ccc(C(N)Cn2nc(C)cc2C)cc1. The fraction of sp³-hybridized carbons (Fsp3) is 0.438. The molecule has 2 rings (SSSR count). The highest BCUT2D eigenvalue weighted by Gasteiger charge is 2.09. The van der Waals surface area contributed by atoms with E-state index in [0.29, 0.717) is 6.54 Å². The average molecular weight is 273 g/mol. The smallest absolute Gasteiger partial charge is 0.119 e. The maximum Gasteiger partial charge on any atom is 0.119 e. The Morgan fingerprint density at radius 2 is 1.95 bits per heavy atom. The molecule has 1 aromatic heterocycles. The van der Waals surface area contributed by atoms with Gasteiger partial charge in [-0.25, -0.2) is 0 Å². The Morgan fingerprint density at radius 1 is 1.25 bits per heavy atom. The van der Waals surface area contributed by atoms with Crippen LogP contribution in [0.1, 0.15) is 36.3 Å². The van der Waals surface area contributed by atoms with Gasteiger partial charge in [-0.15, -0.1) is 0 Å². The van der Waals surface area contributed by atoms with Gasteiger partial charge in [0, 0.05) is 11.7 Å². The minimum absolute atomic E-state index is 0.0618. The molecule has 1 heterocycles. The van der Waals surface area contributed by atoms with Crippen LogP contribution in [0.25, 0.3) is 0 Å². The normalized spacial score (nSPS) is 12.4. The second-order valence-electron chi connectivity index (χ2n) is 5.13. The molecule has 1 unspecified atom stereocenters. The molecule has 0 radical (unpaired) electrons. The Morgan fingerprint density at radius 3 is 2.50 bits per heavy atom. The van der Waals surface area contributed by atoms with Gasteiger partial charge in [-0.3, -0.25) is 4.68 Å². The van der Waals surface area contributed by atoms with Crippen LogP contribution in [0.4, 0.5) is 0 Å². The van der Waals surface area contributed by atoms with Gasteiger partial charge in [-0.05, 0) is 44.0 Å². The Balaban J connectivity index is 2.01. The molecule has 0 spiro atoms. The highest BCUT2D eigenvalue weighted by Crippen LogP contribution is 2.18. The summed E-state index contributed by atoms with van der Waals surface area (Å²) >= 11 is 0. The van der Waals surface area contributed by atoms with Crippen LogP contribution in [-0.2, 0) is 6.54 Å². The number of ether oxygens (including phenoxy) is 1. The lowest BCUT2D eigenvalue weighted by Gasteiger charge is -2.14. The van der Waals surface area contributed by atoms with Gasteiger partial charge in [0.15, 0.2) is 0 Å². The van der Waals surface area contributed by atoms with Gasteiger partial charge < -0.3 is 10.5 Å². The van der Waals surface area contributed by atoms with Gasteiger partial charge in [-0.2, -0.15) is 5.10 Å². The number of aromatic nitrogens is 2. The van der Waals surface area contributed by atoms with E-state index in [9.17, 15) is 0 Å². The number of hydrogen-bond acceptors (Lipinski definition) is 3. The van der Waals surface area contributed by atoms with E-state index in [1.165, 1.54) is 0 Å². The summed E-state index contributed by atoms with van der Waals surface area (Å²) in [5.41, 5.74) is 9.52. The first kappa shape index (κ1) is 14.6. The molecule has 0 fully saturated rings. The third kappa shape index (κ3) is 3.61. The maximum atomic E-state index is 6.25. The van der Waals surface area contributed by atoms with Crippen molar-refractivity contribution in [1.29, 1.82) is 0 Å². The van der Waals surface area contributed by atoms with E-state index in [0.717, 1.165) is 35.7 Å². The Bertz CT molecular complexity index is 545. The second kappa shape index (κ2) is 6.57. The first-order chi connectivity index (χ1) is 9.60. The zero-order valence-corrected chi connectivity index (χ0v) is 12.5. The van der Waals surface area contributed by atoms with Crippen LogP contribution in [0.2, 0.25) is 0 Å². The molecule has 2 N–H and O–H groups in total. The number of rotatable bonds is 6. The van der Waals surface area contributed by atoms with Crippen molar-refractivity contribution in [2.75, 3.05) is 6.61 Å². The minimum atomic E-state index is -0.0618. The molecule has 0 aliphatic heterocycles. The topological polar surface area (TPSA) is 53.1 Å². The van der Waals surface area contributed by atoms with Crippen molar-refractivity contribution in [1.82, 2.24) is 9.78 Å². The lowest BCUT2D eigenvalue weighted by molar-refractivity contribution is 0.317. The van der Waals surface area contributed by atoms with Crippen LogP contribution in [0.3, 0.4) is 0 Å². The molecule has 20 heavy (non-hydrogen) atoms. The molecule has 0 aliphatic carbocycles. The summed E-state index contributed by atoms with van der Waals surface area (Å²) in [6, 6.07) is 10.0. The number of aryl methyl sites for hydroxylation is 2. The lowest BCUT2D eigenvalue weighted by Crippen LogP contribution is -2.19. The van der Waals surface area contributed by atoms with E-state index in [4.69, 9.17) is 10.5 Å². The molecule has 1 aromatic carbocycles. The van der Waals surface area contributed by atoms with Gasteiger partial charge in [0.1, 0.15) is 5.75 Å². The standard InChI is InChI=1S/C16H23N3O/c1-4-9-20-15-7-5-14(6-8-15)16(17)11-19-13(3)10-12(2)18-19/h5-8,10,16H,4,9,11,17H2,1-3H3. The molecule has 0 saturated carbocycles. The van der Waals surface area contributed by atoms with E-state index < -0.39 is 0 Å². The molecule has 0 bridgehead atoms. The Hall–Kier alpha value is -1.81. The third-order valence-corrected chi connectivity index (χ3v) is 3.25. The van der Waals surface area contributed by atoms with E-state index >= 15 is 0 Å². The third-order valence-electron chi connectivity index (χ3n) is 3.25. The van der Waals surface area contributed by atoms with E-state index in [-0.39, 0.29) is 6.04 Å². The van der Waals surface area contributed by atoms with E-state index in [2.05, 4.69) is 25.0 Å². The lowest BCUT2D eigenvalue weighted by atomic mass is 10.1. The molecule has 0 saturated heterocycles. The zero-order valence-electron chi connectivity index (χ0n) is 12.5. The largest absolute Gasteiger partial charge is 0.494 e. The van der Waals surface area contributed by atoms with E-state index in [1.807, 2.05) is 35.9 Å². The summed E-state index contributed by atoms with van der Waals surface area (Å²) in [6.45, 7) is 7.58. The summed E-state index contributed by atoms with van der Waals surface area (Å²) in [7, 11) is 0. The molecule has 4 nitrogen and oxygen atoms in total. The van der Waals surface area contributed by atoms with E-state index in [1.54, 1.807) is 0 Å². The highest BCUT2D eigenvalue weighted by molar-refractivity contribution is 5.29. The van der Waals surface area contributed by atoms with Crippen LogP contribution < -0.4 is 10.5 Å². The number of hydrogen-bond donors (Lipinski definition) is 1. The summed E-state index contributed by atoms with van der Waals surface area (Å²) in [5, 5.41) is 4.45. The predicted octanol–water partition coefficient (Wildman–Crippen LogP) is 2.99. The zero-order chi connectivity index (χ0) is 14.5. The summed E-state index contributed by atoms with van der Waals surface area (Å²) < 4.78 is 7.53. The molecular weight excluding hydrogens is 250 g/mol. The van der Waals surface area contributed by atoms with Crippen molar-refractivity contribution >= 4 is 0 Å². The number of nitrogens with two attached hydrogens (primary N) is 1. The first-order valence-electron chi connectivity index (χ1n) is 7.09. The minimum Gasteiger partial charge on any atom is -0.494 e. The van der Waals surface area contributed by atoms with Gasteiger partial charge in [-0.1, -0.05) is 19.1 Å².